The van der Waals surface area contributed by atoms with E-state index in [4.69, 9.17) is 16.9 Å². The van der Waals surface area contributed by atoms with E-state index < -0.39 is 5.92 Å². The molecule has 2 aromatic rings. The maximum absolute atomic E-state index is 12.9. The van der Waals surface area contributed by atoms with Gasteiger partial charge in [0.2, 0.25) is 0 Å². The minimum atomic E-state index is -0.698. The van der Waals surface area contributed by atoms with Crippen molar-refractivity contribution in [3.8, 4) is 6.07 Å². The van der Waals surface area contributed by atoms with Crippen molar-refractivity contribution in [3.63, 3.8) is 0 Å². The van der Waals surface area contributed by atoms with Crippen LogP contribution in [0, 0.1) is 38.0 Å². The van der Waals surface area contributed by atoms with Crippen LogP contribution < -0.4 is 5.32 Å². The molecule has 7 heteroatoms. The Bertz CT molecular complexity index is 1170. The first-order valence-corrected chi connectivity index (χ1v) is 12.7. The number of rotatable bonds is 6. The van der Waals surface area contributed by atoms with E-state index in [-0.39, 0.29) is 42.1 Å². The summed E-state index contributed by atoms with van der Waals surface area (Å²) in [6, 6.07) is 8.96. The van der Waals surface area contributed by atoms with Crippen molar-refractivity contribution in [3.05, 3.63) is 87.7 Å². The van der Waals surface area contributed by atoms with Crippen LogP contribution in [0.3, 0.4) is 0 Å². The Labute approximate surface area is 225 Å². The van der Waals surface area contributed by atoms with E-state index in [9.17, 15) is 14.4 Å². The molecule has 3 rings (SSSR count). The van der Waals surface area contributed by atoms with Gasteiger partial charge in [-0.1, -0.05) is 61.9 Å². The van der Waals surface area contributed by atoms with Crippen LogP contribution in [0.25, 0.3) is 0 Å². The highest BCUT2D eigenvalue weighted by Gasteiger charge is 2.42. The lowest BCUT2D eigenvalue weighted by molar-refractivity contribution is -0.124. The van der Waals surface area contributed by atoms with Gasteiger partial charge in [0.05, 0.1) is 5.56 Å². The highest BCUT2D eigenvalue weighted by atomic mass is 35.5. The number of benzene rings is 1. The summed E-state index contributed by atoms with van der Waals surface area (Å²) >= 11 is 5.39. The van der Waals surface area contributed by atoms with E-state index in [1.54, 1.807) is 12.2 Å². The second kappa shape index (κ2) is 15.5. The van der Waals surface area contributed by atoms with Gasteiger partial charge in [-0.25, -0.2) is 4.98 Å². The van der Waals surface area contributed by atoms with Crippen LogP contribution >= 0.6 is 11.6 Å². The van der Waals surface area contributed by atoms with Crippen LogP contribution in [0.5, 0.6) is 0 Å². The third-order valence-corrected chi connectivity index (χ3v) is 6.23. The molecule has 1 amide bonds. The molecule has 1 fully saturated rings. The van der Waals surface area contributed by atoms with Gasteiger partial charge in [-0.2, -0.15) is 5.26 Å². The molecular weight excluding hydrogens is 486 g/mol. The van der Waals surface area contributed by atoms with E-state index in [0.29, 0.717) is 17.0 Å². The minimum Gasteiger partial charge on any atom is -0.351 e. The van der Waals surface area contributed by atoms with Gasteiger partial charge in [0.25, 0.3) is 5.91 Å². The molecule has 1 aromatic heterocycles. The average Bonchev–Trinajstić information content (AvgIpc) is 3.17. The predicted octanol–water partition coefficient (Wildman–Crippen LogP) is 6.28. The fraction of sp³-hybridized carbons (Fsp3) is 0.367. The summed E-state index contributed by atoms with van der Waals surface area (Å²) in [6.45, 7) is 15.5. The van der Waals surface area contributed by atoms with E-state index in [1.807, 2.05) is 59.7 Å². The zero-order chi connectivity index (χ0) is 28.1. The summed E-state index contributed by atoms with van der Waals surface area (Å²) in [6.07, 6.45) is 5.34. The number of nitrogens with one attached hydrogen (secondary N) is 1. The average molecular weight is 522 g/mol. The van der Waals surface area contributed by atoms with Crippen LogP contribution in [0.2, 0.25) is 0 Å². The number of halogens is 1. The van der Waals surface area contributed by atoms with Crippen LogP contribution in [0.4, 0.5) is 0 Å². The van der Waals surface area contributed by atoms with Gasteiger partial charge in [-0.3, -0.25) is 14.4 Å². The second-order valence-corrected chi connectivity index (χ2v) is 8.92. The van der Waals surface area contributed by atoms with Crippen molar-refractivity contribution >= 4 is 29.1 Å². The lowest BCUT2D eigenvalue weighted by atomic mass is 9.86. The second-order valence-electron chi connectivity index (χ2n) is 8.48. The van der Waals surface area contributed by atoms with Gasteiger partial charge < -0.3 is 5.32 Å². The molecule has 0 radical (unpaired) electrons. The Morgan fingerprint density at radius 3 is 2.30 bits per heavy atom. The van der Waals surface area contributed by atoms with Crippen molar-refractivity contribution in [2.45, 2.75) is 60.3 Å². The molecule has 37 heavy (non-hydrogen) atoms. The molecule has 1 aliphatic rings. The fourth-order valence-corrected chi connectivity index (χ4v) is 4.21. The van der Waals surface area contributed by atoms with Crippen molar-refractivity contribution < 1.29 is 14.4 Å². The highest BCUT2D eigenvalue weighted by Crippen LogP contribution is 2.37. The normalized spacial score (nSPS) is 16.5. The van der Waals surface area contributed by atoms with Gasteiger partial charge >= 0.3 is 0 Å². The van der Waals surface area contributed by atoms with E-state index in [1.165, 1.54) is 18.3 Å². The maximum Gasteiger partial charge on any atom is 0.269 e. The molecule has 0 spiro atoms. The van der Waals surface area contributed by atoms with Crippen LogP contribution in [-0.4, -0.2) is 29.0 Å². The van der Waals surface area contributed by atoms with Crippen molar-refractivity contribution in [2.75, 3.05) is 6.54 Å². The van der Waals surface area contributed by atoms with Crippen molar-refractivity contribution in [1.29, 1.82) is 5.26 Å². The number of hydrogen-bond donors (Lipinski definition) is 1. The molecule has 0 saturated heterocycles. The predicted molar refractivity (Wildman–Crippen MR) is 149 cm³/mol. The number of allylic oxidation sites excluding steroid dienone is 3. The van der Waals surface area contributed by atoms with Gasteiger partial charge in [-0.05, 0) is 62.9 Å². The monoisotopic (exact) mass is 521 g/mol. The number of carbonyl (C=O) groups excluding carboxylic acids is 3. The molecule has 0 aliphatic heterocycles. The topological polar surface area (TPSA) is 99.9 Å². The number of hydrogen-bond acceptors (Lipinski definition) is 5. The Kier molecular flexibility index (Phi) is 13.2. The summed E-state index contributed by atoms with van der Waals surface area (Å²) in [5, 5.41) is 12.2. The van der Waals surface area contributed by atoms with Crippen LogP contribution in [0.1, 0.15) is 77.8 Å². The molecule has 2 atom stereocenters. The van der Waals surface area contributed by atoms with Crippen molar-refractivity contribution in [2.24, 2.45) is 5.92 Å². The summed E-state index contributed by atoms with van der Waals surface area (Å²) in [7, 11) is 0. The SMILES string of the molecule is C=C/C(Cl)=C\C.CC.Cc1cc(C)c(C2C(=O)CC(CCNC(=O)c3ccc(C#N)cn3)C2=O)c(C)c1. The van der Waals surface area contributed by atoms with E-state index in [0.717, 1.165) is 22.3 Å². The molecule has 1 heterocycles. The molecule has 2 unspecified atom stereocenters. The molecule has 1 aliphatic carbocycles. The molecule has 6 nitrogen and oxygen atoms in total. The van der Waals surface area contributed by atoms with Gasteiger partial charge in [0.15, 0.2) is 5.78 Å². The Hall–Kier alpha value is -3.56. The third kappa shape index (κ3) is 8.80. The fourth-order valence-electron chi connectivity index (χ4n) is 4.21. The standard InChI is InChI=1S/C23H23N3O3.C5H7Cl.C2H6/c1-13-8-14(2)20(15(3)9-13)21-19(27)10-17(22(21)28)6-7-25-23(29)18-5-4-16(11-24)12-26-18;1-3-5(6)4-2;1-2/h4-5,8-9,12,17,21H,6-7,10H2,1-3H3,(H,25,29);3-4H,1H2,2H3;1-2H3/b;5-4+;. The number of amides is 1. The molecular formula is C30H36ClN3O3. The number of carbonyl (C=O) groups is 3. The number of nitriles is 1. The lowest BCUT2D eigenvalue weighted by Crippen LogP contribution is -2.28. The van der Waals surface area contributed by atoms with Crippen LogP contribution in [-0.2, 0) is 9.59 Å². The first kappa shape index (κ1) is 31.5. The van der Waals surface area contributed by atoms with Crippen molar-refractivity contribution in [1.82, 2.24) is 10.3 Å². The minimum absolute atomic E-state index is 0.0462. The number of aryl methyl sites for hydroxylation is 3. The Balaban J connectivity index is 0.000000752. The van der Waals surface area contributed by atoms with Gasteiger partial charge in [0.1, 0.15) is 23.5 Å². The number of nitrogens with zero attached hydrogens (tertiary/aromatic N) is 2. The number of Topliss-reactive ketones (excluding diaryl/α,β-unsaturated/α-hetero) is 2. The summed E-state index contributed by atoms with van der Waals surface area (Å²) in [5.41, 5.74) is 4.47. The van der Waals surface area contributed by atoms with Gasteiger partial charge in [-0.15, -0.1) is 0 Å². The van der Waals surface area contributed by atoms with Crippen LogP contribution in [0.15, 0.2) is 54.2 Å². The zero-order valence-electron chi connectivity index (χ0n) is 22.5. The highest BCUT2D eigenvalue weighted by molar-refractivity contribution is 6.31. The Morgan fingerprint density at radius 1 is 1.22 bits per heavy atom. The maximum atomic E-state index is 12.9. The molecule has 196 valence electrons. The zero-order valence-corrected chi connectivity index (χ0v) is 23.3. The quantitative estimate of drug-likeness (QED) is 0.356. The lowest BCUT2D eigenvalue weighted by Gasteiger charge is -2.16. The van der Waals surface area contributed by atoms with Gasteiger partial charge in [0, 0.05) is 30.1 Å². The first-order chi connectivity index (χ1) is 17.6. The molecule has 0 bridgehead atoms. The third-order valence-electron chi connectivity index (χ3n) is 5.86. The first-order valence-electron chi connectivity index (χ1n) is 12.4. The molecule has 1 aromatic carbocycles. The summed E-state index contributed by atoms with van der Waals surface area (Å²) < 4.78 is 0. The smallest absolute Gasteiger partial charge is 0.269 e. The summed E-state index contributed by atoms with van der Waals surface area (Å²) in [4.78, 5) is 41.7. The molecule has 1 N–H and O–H groups in total. The molecule has 1 saturated carbocycles. The largest absolute Gasteiger partial charge is 0.351 e. The number of pyridine rings is 1. The summed E-state index contributed by atoms with van der Waals surface area (Å²) in [5.74, 6) is -1.56. The van der Waals surface area contributed by atoms with E-state index >= 15 is 0 Å². The number of aromatic nitrogens is 1. The Morgan fingerprint density at radius 2 is 1.84 bits per heavy atom. The van der Waals surface area contributed by atoms with E-state index in [2.05, 4.69) is 16.9 Å². The number of ketones is 2.